The maximum atomic E-state index is 2.43. The van der Waals surface area contributed by atoms with Gasteiger partial charge in [0.2, 0.25) is 0 Å². The zero-order valence-electron chi connectivity index (χ0n) is 19.4. The predicted molar refractivity (Wildman–Crippen MR) is 130 cm³/mol. The van der Waals surface area contributed by atoms with Crippen LogP contribution in [0.2, 0.25) is 0 Å². The van der Waals surface area contributed by atoms with Crippen molar-refractivity contribution in [1.82, 2.24) is 0 Å². The summed E-state index contributed by atoms with van der Waals surface area (Å²) in [5, 5.41) is 0. The summed E-state index contributed by atoms with van der Waals surface area (Å²) in [7, 11) is 0. The fourth-order valence-electron chi connectivity index (χ4n) is 6.48. The van der Waals surface area contributed by atoms with Crippen molar-refractivity contribution in [3.63, 3.8) is 0 Å². The lowest BCUT2D eigenvalue weighted by molar-refractivity contribution is 0.154. The Hall–Kier alpha value is -1.56. The molecule has 4 rings (SSSR count). The van der Waals surface area contributed by atoms with Gasteiger partial charge in [-0.15, -0.1) is 0 Å². The summed E-state index contributed by atoms with van der Waals surface area (Å²) in [6, 6.07) is 20.8. The molecular weight excluding hydrogens is 360 g/mol. The number of rotatable bonds is 7. The third-order valence-electron chi connectivity index (χ3n) is 8.38. The van der Waals surface area contributed by atoms with E-state index in [4.69, 9.17) is 0 Å². The molecule has 0 radical (unpaired) electrons. The van der Waals surface area contributed by atoms with Crippen molar-refractivity contribution < 1.29 is 0 Å². The van der Waals surface area contributed by atoms with Crippen molar-refractivity contribution in [3.05, 3.63) is 71.3 Å². The van der Waals surface area contributed by atoms with Crippen LogP contribution in [0.25, 0.3) is 0 Å². The van der Waals surface area contributed by atoms with E-state index in [0.29, 0.717) is 5.92 Å². The lowest BCUT2D eigenvalue weighted by atomic mass is 9.67. The summed E-state index contributed by atoms with van der Waals surface area (Å²) in [6.07, 6.45) is 15.6. The largest absolute Gasteiger partial charge is 0.0651 e. The molecule has 0 spiro atoms. The van der Waals surface area contributed by atoms with Gasteiger partial charge in [-0.1, -0.05) is 87.7 Å². The zero-order chi connectivity index (χ0) is 20.8. The lowest BCUT2D eigenvalue weighted by Gasteiger charge is -2.38. The van der Waals surface area contributed by atoms with Crippen molar-refractivity contribution in [3.8, 4) is 0 Å². The molecule has 2 aromatic rings. The van der Waals surface area contributed by atoms with E-state index in [1.165, 1.54) is 81.8 Å². The maximum Gasteiger partial charge on any atom is -0.0162 e. The van der Waals surface area contributed by atoms with Gasteiger partial charge in [-0.2, -0.15) is 0 Å². The topological polar surface area (TPSA) is 0 Å². The first-order valence-electron chi connectivity index (χ1n) is 12.9. The van der Waals surface area contributed by atoms with Crippen LogP contribution in [-0.2, 0) is 6.42 Å². The summed E-state index contributed by atoms with van der Waals surface area (Å²) >= 11 is 0. The molecule has 0 saturated heterocycles. The Bertz CT molecular complexity index is 727. The fraction of sp³-hybridized carbons (Fsp3) is 0.600. The standard InChI is InChI=1S/C30H42/c1-3-7-24-10-14-27(15-11-24)29-18-20-30(21-19-29)28-16-12-25(13-17-28)22-23(2)26-8-5-4-6-9-26/h4-6,8-11,14-15,23,25,28-30H,3,7,12-13,16-22H2,1-2H3. The first-order chi connectivity index (χ1) is 14.7. The Morgan fingerprint density at radius 1 is 0.733 bits per heavy atom. The molecule has 1 atom stereocenters. The van der Waals surface area contributed by atoms with Gasteiger partial charge in [0, 0.05) is 0 Å². The molecule has 2 aliphatic rings. The molecule has 2 aromatic carbocycles. The molecular formula is C30H42. The molecule has 30 heavy (non-hydrogen) atoms. The Balaban J connectivity index is 1.21. The summed E-state index contributed by atoms with van der Waals surface area (Å²) in [5.41, 5.74) is 4.64. The fourth-order valence-corrected chi connectivity index (χ4v) is 6.48. The highest BCUT2D eigenvalue weighted by atomic mass is 14.4. The molecule has 0 heteroatoms. The summed E-state index contributed by atoms with van der Waals surface area (Å²) in [6.45, 7) is 4.70. The quantitative estimate of drug-likeness (QED) is 0.433. The molecule has 162 valence electrons. The zero-order valence-corrected chi connectivity index (χ0v) is 19.4. The number of hydrogen-bond donors (Lipinski definition) is 0. The normalized spacial score (nSPS) is 28.2. The van der Waals surface area contributed by atoms with E-state index in [2.05, 4.69) is 68.4 Å². The molecule has 1 unspecified atom stereocenters. The van der Waals surface area contributed by atoms with E-state index in [9.17, 15) is 0 Å². The van der Waals surface area contributed by atoms with Crippen molar-refractivity contribution in [2.45, 2.75) is 96.3 Å². The number of aryl methyl sites for hydroxylation is 1. The van der Waals surface area contributed by atoms with Crippen molar-refractivity contribution in [2.75, 3.05) is 0 Å². The second-order valence-corrected chi connectivity index (χ2v) is 10.4. The Morgan fingerprint density at radius 3 is 1.93 bits per heavy atom. The lowest BCUT2D eigenvalue weighted by Crippen LogP contribution is -2.25. The predicted octanol–water partition coefficient (Wildman–Crippen LogP) is 8.91. The molecule has 0 aliphatic heterocycles. The van der Waals surface area contributed by atoms with E-state index in [-0.39, 0.29) is 0 Å². The van der Waals surface area contributed by atoms with Crippen LogP contribution >= 0.6 is 0 Å². The number of hydrogen-bond acceptors (Lipinski definition) is 0. The van der Waals surface area contributed by atoms with Crippen molar-refractivity contribution >= 4 is 0 Å². The van der Waals surface area contributed by atoms with Gasteiger partial charge in [-0.25, -0.2) is 0 Å². The minimum Gasteiger partial charge on any atom is -0.0651 e. The summed E-state index contributed by atoms with van der Waals surface area (Å²) in [5.74, 6) is 4.51. The van der Waals surface area contributed by atoms with E-state index >= 15 is 0 Å². The highest BCUT2D eigenvalue weighted by molar-refractivity contribution is 5.26. The third kappa shape index (κ3) is 5.57. The minimum atomic E-state index is 0.715. The molecule has 0 amide bonds. The van der Waals surface area contributed by atoms with Crippen LogP contribution in [0.1, 0.15) is 107 Å². The smallest absolute Gasteiger partial charge is 0.0162 e. The molecule has 2 fully saturated rings. The van der Waals surface area contributed by atoms with Crippen LogP contribution in [0.4, 0.5) is 0 Å². The average molecular weight is 403 g/mol. The molecule has 0 nitrogen and oxygen atoms in total. The second kappa shape index (κ2) is 10.7. The molecule has 2 aliphatic carbocycles. The Kier molecular flexibility index (Phi) is 7.69. The van der Waals surface area contributed by atoms with Crippen molar-refractivity contribution in [2.24, 2.45) is 17.8 Å². The van der Waals surface area contributed by atoms with Crippen LogP contribution in [0, 0.1) is 17.8 Å². The van der Waals surface area contributed by atoms with Crippen molar-refractivity contribution in [1.29, 1.82) is 0 Å². The number of benzene rings is 2. The van der Waals surface area contributed by atoms with Gasteiger partial charge in [-0.05, 0) is 97.6 Å². The molecule has 0 aromatic heterocycles. The Morgan fingerprint density at radius 2 is 1.33 bits per heavy atom. The van der Waals surface area contributed by atoms with Gasteiger partial charge in [0.1, 0.15) is 0 Å². The third-order valence-corrected chi connectivity index (χ3v) is 8.38. The first-order valence-corrected chi connectivity index (χ1v) is 12.9. The van der Waals surface area contributed by atoms with Gasteiger partial charge < -0.3 is 0 Å². The van der Waals surface area contributed by atoms with Crippen LogP contribution < -0.4 is 0 Å². The molecule has 2 saturated carbocycles. The highest BCUT2D eigenvalue weighted by Crippen LogP contribution is 2.45. The van der Waals surface area contributed by atoms with E-state index < -0.39 is 0 Å². The summed E-state index contributed by atoms with van der Waals surface area (Å²) < 4.78 is 0. The first kappa shape index (κ1) is 21.7. The monoisotopic (exact) mass is 402 g/mol. The van der Waals surface area contributed by atoms with E-state index in [1.807, 2.05) is 0 Å². The van der Waals surface area contributed by atoms with Gasteiger partial charge in [0.15, 0.2) is 0 Å². The van der Waals surface area contributed by atoms with Crippen LogP contribution in [0.3, 0.4) is 0 Å². The van der Waals surface area contributed by atoms with Gasteiger partial charge >= 0.3 is 0 Å². The highest BCUT2D eigenvalue weighted by Gasteiger charge is 2.31. The maximum absolute atomic E-state index is 2.43. The Labute approximate surface area is 185 Å². The SMILES string of the molecule is CCCc1ccc(C2CCC(C3CCC(CC(C)c4ccccc4)CC3)CC2)cc1. The van der Waals surface area contributed by atoms with E-state index in [1.54, 1.807) is 5.56 Å². The van der Waals surface area contributed by atoms with E-state index in [0.717, 1.165) is 23.7 Å². The second-order valence-electron chi connectivity index (χ2n) is 10.4. The van der Waals surface area contributed by atoms with Crippen LogP contribution in [0.15, 0.2) is 54.6 Å². The average Bonchev–Trinajstić information content (AvgIpc) is 2.81. The van der Waals surface area contributed by atoms with Gasteiger partial charge in [0.05, 0.1) is 0 Å². The van der Waals surface area contributed by atoms with Gasteiger partial charge in [0.25, 0.3) is 0 Å². The van der Waals surface area contributed by atoms with Gasteiger partial charge in [-0.3, -0.25) is 0 Å². The van der Waals surface area contributed by atoms with Crippen LogP contribution in [0.5, 0.6) is 0 Å². The molecule has 0 N–H and O–H groups in total. The molecule has 0 bridgehead atoms. The summed E-state index contributed by atoms with van der Waals surface area (Å²) in [4.78, 5) is 0. The molecule has 0 heterocycles. The minimum absolute atomic E-state index is 0.715. The van der Waals surface area contributed by atoms with Crippen LogP contribution in [-0.4, -0.2) is 0 Å².